The first-order valence-electron chi connectivity index (χ1n) is 11.2. The summed E-state index contributed by atoms with van der Waals surface area (Å²) in [6, 6.07) is 8.10. The van der Waals surface area contributed by atoms with Crippen LogP contribution in [0.1, 0.15) is 48.4 Å². The molecule has 35 heavy (non-hydrogen) atoms. The summed E-state index contributed by atoms with van der Waals surface area (Å²) in [7, 11) is 1.50. The Kier molecular flexibility index (Phi) is 6.35. The van der Waals surface area contributed by atoms with E-state index in [1.54, 1.807) is 13.0 Å². The number of aryl methyl sites for hydroxylation is 1. The third kappa shape index (κ3) is 5.03. The molecule has 4 rings (SSSR count). The number of benzene rings is 2. The number of nitrogens with zero attached hydrogens (tertiary/aromatic N) is 3. The van der Waals surface area contributed by atoms with Gasteiger partial charge in [-0.25, -0.2) is 9.48 Å². The maximum atomic E-state index is 13.3. The molecular weight excluding hydrogens is 463 g/mol. The molecule has 1 fully saturated rings. The number of rotatable bonds is 4. The van der Waals surface area contributed by atoms with Crippen molar-refractivity contribution in [2.75, 3.05) is 24.1 Å². The number of hydrogen-bond donors (Lipinski definition) is 3. The van der Waals surface area contributed by atoms with E-state index in [2.05, 4.69) is 10.4 Å². The van der Waals surface area contributed by atoms with Crippen LogP contribution >= 0.6 is 0 Å². The summed E-state index contributed by atoms with van der Waals surface area (Å²) in [4.78, 5) is 25.5. The summed E-state index contributed by atoms with van der Waals surface area (Å²) < 4.78 is 41.0. The van der Waals surface area contributed by atoms with Gasteiger partial charge < -0.3 is 21.1 Å². The average Bonchev–Trinajstić information content (AvgIpc) is 2.81. The largest absolute Gasteiger partial charge is 0.465 e. The number of amides is 1. The number of hydrogen-bond acceptors (Lipinski definition) is 5. The van der Waals surface area contributed by atoms with Gasteiger partial charge in [0.15, 0.2) is 5.82 Å². The Balaban J connectivity index is 1.73. The standard InChI is InChI=1S/C24H26F3N5O3/c1-13(16-8-17(24(25,26)27)11-18(28)9-16)29-21-20-10-14(5-6-19(20)22(33)31(2)30-21)15-4-3-7-32(12-15)23(34)35/h5-6,8-11,13,15H,3-4,7,12,28H2,1-2H3,(H,29,30)(H,34,35)/t13-,15?/m1/s1. The van der Waals surface area contributed by atoms with Gasteiger partial charge in [-0.3, -0.25) is 4.79 Å². The molecule has 11 heteroatoms. The molecule has 0 spiro atoms. The minimum Gasteiger partial charge on any atom is -0.465 e. The smallest absolute Gasteiger partial charge is 0.416 e. The van der Waals surface area contributed by atoms with Gasteiger partial charge in [0.05, 0.1) is 17.0 Å². The average molecular weight is 489 g/mol. The predicted octanol–water partition coefficient (Wildman–Crippen LogP) is 4.57. The third-order valence-corrected chi connectivity index (χ3v) is 6.39. The number of carboxylic acid groups (broad SMARTS) is 1. The highest BCUT2D eigenvalue weighted by Crippen LogP contribution is 2.34. The van der Waals surface area contributed by atoms with Crippen molar-refractivity contribution in [3.05, 3.63) is 63.4 Å². The third-order valence-electron chi connectivity index (χ3n) is 6.39. The van der Waals surface area contributed by atoms with E-state index in [-0.39, 0.29) is 17.2 Å². The van der Waals surface area contributed by atoms with E-state index in [4.69, 9.17) is 5.73 Å². The Bertz CT molecular complexity index is 1340. The molecule has 0 bridgehead atoms. The van der Waals surface area contributed by atoms with Crippen molar-refractivity contribution in [2.45, 2.75) is 37.9 Å². The SMILES string of the molecule is C[C@@H](Nc1nn(C)c(=O)c2ccc(C3CCCN(C(=O)O)C3)cc12)c1cc(N)cc(C(F)(F)F)c1. The number of carbonyl (C=O) groups is 1. The highest BCUT2D eigenvalue weighted by molar-refractivity contribution is 5.91. The van der Waals surface area contributed by atoms with Gasteiger partial charge in [-0.05, 0) is 61.2 Å². The van der Waals surface area contributed by atoms with Gasteiger partial charge in [-0.15, -0.1) is 0 Å². The summed E-state index contributed by atoms with van der Waals surface area (Å²) in [6.45, 7) is 2.51. The number of likely N-dealkylation sites (tertiary alicyclic amines) is 1. The summed E-state index contributed by atoms with van der Waals surface area (Å²) in [6.07, 6.45) is -3.98. The lowest BCUT2D eigenvalue weighted by Gasteiger charge is -2.31. The van der Waals surface area contributed by atoms with Crippen LogP contribution in [0, 0.1) is 0 Å². The monoisotopic (exact) mass is 489 g/mol. The van der Waals surface area contributed by atoms with Gasteiger partial charge in [-0.2, -0.15) is 18.3 Å². The molecule has 3 aromatic rings. The molecule has 1 aromatic heterocycles. The van der Waals surface area contributed by atoms with Crippen LogP contribution in [0.15, 0.2) is 41.2 Å². The molecular formula is C24H26F3N5O3. The molecule has 186 valence electrons. The molecule has 0 radical (unpaired) electrons. The fourth-order valence-corrected chi connectivity index (χ4v) is 4.53. The number of aromatic nitrogens is 2. The molecule has 2 aromatic carbocycles. The van der Waals surface area contributed by atoms with Crippen LogP contribution in [0.25, 0.3) is 10.8 Å². The zero-order chi connectivity index (χ0) is 25.5. The Morgan fingerprint density at radius 1 is 1.23 bits per heavy atom. The zero-order valence-electron chi connectivity index (χ0n) is 19.3. The van der Waals surface area contributed by atoms with Crippen LogP contribution in [0.4, 0.5) is 29.5 Å². The number of nitrogens with two attached hydrogens (primary N) is 1. The summed E-state index contributed by atoms with van der Waals surface area (Å²) >= 11 is 0. The molecule has 1 amide bonds. The summed E-state index contributed by atoms with van der Waals surface area (Å²) in [5, 5.41) is 17.7. The number of nitrogen functional groups attached to an aromatic ring is 1. The Morgan fingerprint density at radius 3 is 2.66 bits per heavy atom. The van der Waals surface area contributed by atoms with E-state index in [9.17, 15) is 27.9 Å². The number of anilines is 2. The summed E-state index contributed by atoms with van der Waals surface area (Å²) in [5.74, 6) is 0.292. The summed E-state index contributed by atoms with van der Waals surface area (Å²) in [5.41, 5.74) is 5.74. The van der Waals surface area contributed by atoms with Crippen molar-refractivity contribution >= 4 is 28.4 Å². The lowest BCUT2D eigenvalue weighted by atomic mass is 9.89. The highest BCUT2D eigenvalue weighted by atomic mass is 19.4. The first-order valence-corrected chi connectivity index (χ1v) is 11.2. The fraction of sp³-hybridized carbons (Fsp3) is 0.375. The van der Waals surface area contributed by atoms with E-state index in [0.29, 0.717) is 35.2 Å². The molecule has 4 N–H and O–H groups in total. The minimum absolute atomic E-state index is 0.00989. The minimum atomic E-state index is -4.54. The first kappa shape index (κ1) is 24.4. The van der Waals surface area contributed by atoms with Gasteiger partial charge >= 0.3 is 12.3 Å². The van der Waals surface area contributed by atoms with Crippen LogP contribution in [-0.2, 0) is 13.2 Å². The Hall–Kier alpha value is -3.76. The van der Waals surface area contributed by atoms with E-state index in [1.165, 1.54) is 22.7 Å². The second kappa shape index (κ2) is 9.12. The van der Waals surface area contributed by atoms with E-state index in [1.807, 2.05) is 12.1 Å². The fourth-order valence-electron chi connectivity index (χ4n) is 4.53. The number of nitrogens with one attached hydrogen (secondary N) is 1. The van der Waals surface area contributed by atoms with Crippen molar-refractivity contribution in [3.63, 3.8) is 0 Å². The Labute approximate surface area is 199 Å². The van der Waals surface area contributed by atoms with Gasteiger partial charge in [0, 0.05) is 37.1 Å². The lowest BCUT2D eigenvalue weighted by molar-refractivity contribution is -0.137. The van der Waals surface area contributed by atoms with E-state index in [0.717, 1.165) is 30.5 Å². The van der Waals surface area contributed by atoms with Gasteiger partial charge in [0.25, 0.3) is 5.56 Å². The molecule has 2 atom stereocenters. The van der Waals surface area contributed by atoms with Crippen LogP contribution in [0.3, 0.4) is 0 Å². The number of alkyl halides is 3. The first-order chi connectivity index (χ1) is 16.4. The van der Waals surface area contributed by atoms with Crippen molar-refractivity contribution in [3.8, 4) is 0 Å². The molecule has 0 saturated carbocycles. The molecule has 2 heterocycles. The quantitative estimate of drug-likeness (QED) is 0.463. The number of piperidine rings is 1. The normalized spacial score (nSPS) is 17.4. The molecule has 1 aliphatic heterocycles. The number of fused-ring (bicyclic) bond motifs is 1. The van der Waals surface area contributed by atoms with Crippen molar-refractivity contribution in [2.24, 2.45) is 7.05 Å². The molecule has 0 aliphatic carbocycles. The topological polar surface area (TPSA) is 113 Å². The van der Waals surface area contributed by atoms with Crippen molar-refractivity contribution < 1.29 is 23.1 Å². The van der Waals surface area contributed by atoms with Gasteiger partial charge in [0.2, 0.25) is 0 Å². The van der Waals surface area contributed by atoms with Crippen LogP contribution in [0.2, 0.25) is 0 Å². The maximum Gasteiger partial charge on any atom is 0.416 e. The van der Waals surface area contributed by atoms with Crippen molar-refractivity contribution in [1.29, 1.82) is 0 Å². The highest BCUT2D eigenvalue weighted by Gasteiger charge is 2.31. The molecule has 1 aliphatic rings. The van der Waals surface area contributed by atoms with E-state index < -0.39 is 23.9 Å². The zero-order valence-corrected chi connectivity index (χ0v) is 19.3. The second-order valence-electron chi connectivity index (χ2n) is 8.90. The van der Waals surface area contributed by atoms with Crippen LogP contribution in [-0.4, -0.2) is 39.0 Å². The maximum absolute atomic E-state index is 13.3. The molecule has 8 nitrogen and oxygen atoms in total. The van der Waals surface area contributed by atoms with Crippen LogP contribution in [0.5, 0.6) is 0 Å². The van der Waals surface area contributed by atoms with Crippen molar-refractivity contribution in [1.82, 2.24) is 14.7 Å². The Morgan fingerprint density at radius 2 is 1.97 bits per heavy atom. The van der Waals surface area contributed by atoms with E-state index >= 15 is 0 Å². The molecule has 1 saturated heterocycles. The second-order valence-corrected chi connectivity index (χ2v) is 8.90. The van der Waals surface area contributed by atoms with Gasteiger partial charge in [-0.1, -0.05) is 6.07 Å². The van der Waals surface area contributed by atoms with Crippen LogP contribution < -0.4 is 16.6 Å². The lowest BCUT2D eigenvalue weighted by Crippen LogP contribution is -2.38. The number of halogens is 3. The predicted molar refractivity (Wildman–Crippen MR) is 126 cm³/mol. The van der Waals surface area contributed by atoms with Gasteiger partial charge in [0.1, 0.15) is 0 Å². The molecule has 1 unspecified atom stereocenters.